The molecule has 0 aliphatic heterocycles. The van der Waals surface area contributed by atoms with Crippen molar-refractivity contribution in [2.45, 2.75) is 13.1 Å². The Morgan fingerprint density at radius 2 is 1.53 bits per heavy atom. The van der Waals surface area contributed by atoms with Crippen LogP contribution in [0.1, 0.15) is 21.6 Å². The maximum absolute atomic E-state index is 13.4. The first-order valence-electron chi connectivity index (χ1n) is 10.1. The second-order valence-electron chi connectivity index (χ2n) is 7.31. The summed E-state index contributed by atoms with van der Waals surface area (Å²) in [5.41, 5.74) is -1.05. The predicted molar refractivity (Wildman–Crippen MR) is 122 cm³/mol. The summed E-state index contributed by atoms with van der Waals surface area (Å²) >= 11 is 6.20. The van der Waals surface area contributed by atoms with Crippen molar-refractivity contribution in [2.75, 3.05) is 0 Å². The number of benzene rings is 3. The van der Waals surface area contributed by atoms with Crippen LogP contribution in [0.3, 0.4) is 0 Å². The molecule has 1 heterocycles. The minimum atomic E-state index is -0.917. The first-order valence-corrected chi connectivity index (χ1v) is 10.5. The second-order valence-corrected chi connectivity index (χ2v) is 7.72. The van der Waals surface area contributed by atoms with Crippen molar-refractivity contribution < 1.29 is 13.6 Å². The van der Waals surface area contributed by atoms with Crippen molar-refractivity contribution in [3.63, 3.8) is 0 Å². The van der Waals surface area contributed by atoms with Gasteiger partial charge in [0.05, 0.1) is 12.2 Å². The monoisotopic (exact) mass is 482 g/mol. The summed E-state index contributed by atoms with van der Waals surface area (Å²) < 4.78 is 28.2. The Morgan fingerprint density at radius 1 is 0.912 bits per heavy atom. The van der Waals surface area contributed by atoms with Crippen molar-refractivity contribution in [2.24, 2.45) is 0 Å². The van der Waals surface area contributed by atoms with Crippen LogP contribution in [-0.2, 0) is 13.1 Å². The predicted octanol–water partition coefficient (Wildman–Crippen LogP) is 3.30. The van der Waals surface area contributed by atoms with Crippen molar-refractivity contribution in [1.29, 1.82) is 0 Å². The number of hydrogen-bond donors (Lipinski definition) is 1. The maximum atomic E-state index is 13.4. The molecular weight excluding hydrogens is 466 g/mol. The molecule has 1 aromatic heterocycles. The molecule has 1 amide bonds. The molecule has 0 saturated heterocycles. The number of carbonyl (C=O) groups is 1. The highest BCUT2D eigenvalue weighted by Gasteiger charge is 2.21. The Hall–Kier alpha value is -4.11. The van der Waals surface area contributed by atoms with Crippen LogP contribution in [0.4, 0.5) is 8.78 Å². The van der Waals surface area contributed by atoms with Crippen LogP contribution in [0.25, 0.3) is 5.69 Å². The van der Waals surface area contributed by atoms with E-state index in [2.05, 4.69) is 10.4 Å². The normalized spacial score (nSPS) is 10.8. The molecule has 0 bridgehead atoms. The minimum Gasteiger partial charge on any atom is -0.346 e. The Balaban J connectivity index is 1.77. The summed E-state index contributed by atoms with van der Waals surface area (Å²) in [4.78, 5) is 39.1. The summed E-state index contributed by atoms with van der Waals surface area (Å²) in [5, 5.41) is 6.85. The number of hydrogen-bond acceptors (Lipinski definition) is 4. The van der Waals surface area contributed by atoms with Gasteiger partial charge in [-0.25, -0.2) is 13.6 Å². The van der Waals surface area contributed by atoms with E-state index in [-0.39, 0.29) is 18.8 Å². The third-order valence-electron chi connectivity index (χ3n) is 5.00. The standard InChI is InChI=1S/C24H17ClF2N4O3/c25-20-4-2-1-3-16(20)14-30-23(33)21(22(32)28-13-15-5-7-17(26)8-6-15)29-31(24(30)34)19-11-9-18(27)10-12-19/h1-12H,13-14H2,(H,28,32). The van der Waals surface area contributed by atoms with Crippen LogP contribution >= 0.6 is 11.6 Å². The molecule has 172 valence electrons. The lowest BCUT2D eigenvalue weighted by molar-refractivity contribution is 0.0941. The van der Waals surface area contributed by atoms with Gasteiger partial charge in [0.25, 0.3) is 11.5 Å². The molecule has 0 spiro atoms. The Bertz CT molecular complexity index is 1470. The second kappa shape index (κ2) is 9.80. The molecule has 0 aliphatic rings. The SMILES string of the molecule is O=C(NCc1ccc(F)cc1)c1nn(-c2ccc(F)cc2)c(=O)n(Cc2ccccc2Cl)c1=O. The molecule has 1 N–H and O–H groups in total. The first-order chi connectivity index (χ1) is 16.3. The van der Waals surface area contributed by atoms with E-state index in [1.165, 1.54) is 36.4 Å². The average molecular weight is 483 g/mol. The smallest absolute Gasteiger partial charge is 0.346 e. The van der Waals surface area contributed by atoms with E-state index in [9.17, 15) is 23.2 Å². The molecular formula is C24H17ClF2N4O3. The molecule has 0 fully saturated rings. The number of nitrogens with zero attached hydrogens (tertiary/aromatic N) is 3. The number of carbonyl (C=O) groups excluding carboxylic acids is 1. The lowest BCUT2D eigenvalue weighted by Gasteiger charge is -2.13. The Labute approximate surface area is 196 Å². The molecule has 3 aromatic carbocycles. The third-order valence-corrected chi connectivity index (χ3v) is 5.37. The highest BCUT2D eigenvalue weighted by atomic mass is 35.5. The van der Waals surface area contributed by atoms with Crippen molar-refractivity contribution in [3.05, 3.63) is 127 Å². The van der Waals surface area contributed by atoms with Gasteiger partial charge in [-0.15, -0.1) is 0 Å². The Morgan fingerprint density at radius 3 is 2.18 bits per heavy atom. The van der Waals surface area contributed by atoms with Gasteiger partial charge in [0, 0.05) is 11.6 Å². The van der Waals surface area contributed by atoms with Crippen LogP contribution in [0.2, 0.25) is 5.02 Å². The van der Waals surface area contributed by atoms with Gasteiger partial charge in [0.2, 0.25) is 5.69 Å². The molecule has 7 nitrogen and oxygen atoms in total. The average Bonchev–Trinajstić information content (AvgIpc) is 2.83. The van der Waals surface area contributed by atoms with Gasteiger partial charge in [0.1, 0.15) is 11.6 Å². The van der Waals surface area contributed by atoms with E-state index in [1.807, 2.05) is 0 Å². The highest BCUT2D eigenvalue weighted by Crippen LogP contribution is 2.15. The van der Waals surface area contributed by atoms with Gasteiger partial charge >= 0.3 is 5.69 Å². The fourth-order valence-corrected chi connectivity index (χ4v) is 3.41. The molecule has 0 saturated carbocycles. The zero-order valence-corrected chi connectivity index (χ0v) is 18.3. The van der Waals surface area contributed by atoms with Crippen LogP contribution in [0.5, 0.6) is 0 Å². The van der Waals surface area contributed by atoms with E-state index in [4.69, 9.17) is 11.6 Å². The number of rotatable bonds is 6. The van der Waals surface area contributed by atoms with Crippen molar-refractivity contribution in [3.8, 4) is 5.69 Å². The molecule has 0 radical (unpaired) electrons. The summed E-state index contributed by atoms with van der Waals surface area (Å²) in [6.45, 7) is -0.209. The van der Waals surface area contributed by atoms with E-state index < -0.39 is 34.5 Å². The number of halogens is 3. The van der Waals surface area contributed by atoms with Crippen molar-refractivity contribution in [1.82, 2.24) is 19.7 Å². The summed E-state index contributed by atoms with van der Waals surface area (Å²) in [5.74, 6) is -1.79. The van der Waals surface area contributed by atoms with Gasteiger partial charge in [0.15, 0.2) is 0 Å². The fourth-order valence-electron chi connectivity index (χ4n) is 3.21. The van der Waals surface area contributed by atoms with Crippen LogP contribution in [-0.4, -0.2) is 20.3 Å². The van der Waals surface area contributed by atoms with Gasteiger partial charge in [-0.1, -0.05) is 41.9 Å². The Kier molecular flexibility index (Phi) is 6.65. The lowest BCUT2D eigenvalue weighted by atomic mass is 10.2. The van der Waals surface area contributed by atoms with E-state index in [1.54, 1.807) is 24.3 Å². The quantitative estimate of drug-likeness (QED) is 0.457. The third kappa shape index (κ3) is 4.94. The molecule has 34 heavy (non-hydrogen) atoms. The number of aromatic nitrogens is 3. The number of amides is 1. The van der Waals surface area contributed by atoms with Crippen LogP contribution in [0.15, 0.2) is 82.4 Å². The number of nitrogens with one attached hydrogen (secondary N) is 1. The van der Waals surface area contributed by atoms with Gasteiger partial charge in [-0.2, -0.15) is 9.78 Å². The van der Waals surface area contributed by atoms with Crippen molar-refractivity contribution >= 4 is 17.5 Å². The fraction of sp³-hybridized carbons (Fsp3) is 0.0833. The molecule has 0 aliphatic carbocycles. The van der Waals surface area contributed by atoms with E-state index >= 15 is 0 Å². The topological polar surface area (TPSA) is 86.0 Å². The lowest BCUT2D eigenvalue weighted by Crippen LogP contribution is -2.46. The van der Waals surface area contributed by atoms with Crippen LogP contribution < -0.4 is 16.6 Å². The zero-order valence-electron chi connectivity index (χ0n) is 17.5. The van der Waals surface area contributed by atoms with Gasteiger partial charge in [-0.3, -0.25) is 14.2 Å². The van der Waals surface area contributed by atoms with E-state index in [0.717, 1.165) is 21.4 Å². The van der Waals surface area contributed by atoms with Crippen LogP contribution in [0, 0.1) is 11.6 Å². The maximum Gasteiger partial charge on any atom is 0.352 e. The largest absolute Gasteiger partial charge is 0.352 e. The summed E-state index contributed by atoms with van der Waals surface area (Å²) in [6, 6.07) is 17.0. The minimum absolute atomic E-state index is 0.000418. The molecule has 0 unspecified atom stereocenters. The molecule has 10 heteroatoms. The highest BCUT2D eigenvalue weighted by molar-refractivity contribution is 6.31. The molecule has 4 aromatic rings. The van der Waals surface area contributed by atoms with E-state index in [0.29, 0.717) is 16.1 Å². The van der Waals surface area contributed by atoms with Gasteiger partial charge < -0.3 is 5.32 Å². The van der Waals surface area contributed by atoms with Gasteiger partial charge in [-0.05, 0) is 53.6 Å². The zero-order chi connectivity index (χ0) is 24.2. The summed E-state index contributed by atoms with van der Waals surface area (Å²) in [6.07, 6.45) is 0. The summed E-state index contributed by atoms with van der Waals surface area (Å²) in [7, 11) is 0. The molecule has 0 atom stereocenters. The first kappa shape index (κ1) is 23.1. The molecule has 4 rings (SSSR count).